The van der Waals surface area contributed by atoms with Gasteiger partial charge in [0.1, 0.15) is 18.1 Å². The van der Waals surface area contributed by atoms with Crippen LogP contribution in [0.2, 0.25) is 0 Å². The second kappa shape index (κ2) is 13.7. The Labute approximate surface area is 244 Å². The van der Waals surface area contributed by atoms with E-state index in [9.17, 15) is 8.42 Å². The molecule has 0 radical (unpaired) electrons. The Morgan fingerprint density at radius 2 is 1.66 bits per heavy atom. The molecule has 3 aromatic carbocycles. The minimum Gasteiger partial charge on any atom is -0.489 e. The lowest BCUT2D eigenvalue weighted by Crippen LogP contribution is -2.15. The molecule has 0 spiro atoms. The molecule has 0 aliphatic rings. The minimum absolute atomic E-state index is 0.160. The number of rotatable bonds is 14. The molecule has 0 amide bonds. The summed E-state index contributed by atoms with van der Waals surface area (Å²) in [5.41, 5.74) is 5.28. The molecule has 1 aromatic heterocycles. The zero-order valence-electron chi connectivity index (χ0n) is 24.4. The Morgan fingerprint density at radius 1 is 0.927 bits per heavy atom. The number of hydrogen-bond donors (Lipinski definition) is 1. The molecule has 0 fully saturated rings. The van der Waals surface area contributed by atoms with Gasteiger partial charge in [0.05, 0.1) is 4.90 Å². The van der Waals surface area contributed by atoms with E-state index in [4.69, 9.17) is 9.26 Å². The first-order valence-corrected chi connectivity index (χ1v) is 15.7. The monoisotopic (exact) mass is 572 g/mol. The number of unbranched alkanes of at least 4 members (excludes halogenated alkanes) is 3. The largest absolute Gasteiger partial charge is 0.489 e. The van der Waals surface area contributed by atoms with Crippen molar-refractivity contribution >= 4 is 15.8 Å². The van der Waals surface area contributed by atoms with E-state index < -0.39 is 10.0 Å². The van der Waals surface area contributed by atoms with E-state index in [1.807, 2.05) is 54.6 Å². The lowest BCUT2D eigenvalue weighted by molar-refractivity contribution is 0.305. The van der Waals surface area contributed by atoms with Crippen molar-refractivity contribution in [3.63, 3.8) is 0 Å². The fourth-order valence-electron chi connectivity index (χ4n) is 5.10. The molecule has 0 saturated heterocycles. The molecular weight excluding hydrogens is 532 g/mol. The molecule has 41 heavy (non-hydrogen) atoms. The number of nitrogens with zero attached hydrogens (tertiary/aromatic N) is 1. The summed E-state index contributed by atoms with van der Waals surface area (Å²) >= 11 is 0. The van der Waals surface area contributed by atoms with Crippen LogP contribution < -0.4 is 9.46 Å². The van der Waals surface area contributed by atoms with Crippen molar-refractivity contribution in [2.24, 2.45) is 0 Å². The van der Waals surface area contributed by atoms with Crippen LogP contribution in [0.4, 0.5) is 5.82 Å². The second-order valence-corrected chi connectivity index (χ2v) is 12.1. The topological polar surface area (TPSA) is 81.4 Å². The number of aromatic nitrogens is 1. The van der Waals surface area contributed by atoms with Crippen LogP contribution in [0.25, 0.3) is 11.1 Å². The summed E-state index contributed by atoms with van der Waals surface area (Å²) in [5, 5.41) is 3.90. The van der Waals surface area contributed by atoms with E-state index in [0.717, 1.165) is 35.3 Å². The maximum Gasteiger partial charge on any atom is 0.263 e. The third-order valence-electron chi connectivity index (χ3n) is 7.67. The first-order chi connectivity index (χ1) is 19.8. The molecule has 0 saturated carbocycles. The lowest BCUT2D eigenvalue weighted by atomic mass is 9.85. The van der Waals surface area contributed by atoms with Crippen molar-refractivity contribution in [2.45, 2.75) is 77.2 Å². The predicted molar refractivity (Wildman–Crippen MR) is 166 cm³/mol. The zero-order chi connectivity index (χ0) is 29.4. The smallest absolute Gasteiger partial charge is 0.263 e. The third kappa shape index (κ3) is 7.09. The van der Waals surface area contributed by atoms with Gasteiger partial charge in [-0.05, 0) is 62.1 Å². The molecule has 1 N–H and O–H groups in total. The van der Waals surface area contributed by atoms with Crippen molar-refractivity contribution in [1.82, 2.24) is 5.16 Å². The van der Waals surface area contributed by atoms with Gasteiger partial charge in [-0.15, -0.1) is 6.58 Å². The molecule has 0 bridgehead atoms. The number of aryl methyl sites for hydroxylation is 1. The molecule has 4 aromatic rings. The van der Waals surface area contributed by atoms with E-state index >= 15 is 0 Å². The molecule has 4 rings (SSSR count). The van der Waals surface area contributed by atoms with E-state index in [-0.39, 0.29) is 16.6 Å². The number of para-hydroxylation sites is 1. The molecule has 0 aliphatic carbocycles. The number of anilines is 1. The van der Waals surface area contributed by atoms with Crippen molar-refractivity contribution < 1.29 is 17.7 Å². The average molecular weight is 573 g/mol. The Hall–Kier alpha value is -3.84. The molecule has 6 nitrogen and oxygen atoms in total. The van der Waals surface area contributed by atoms with Crippen molar-refractivity contribution in [3.8, 4) is 16.9 Å². The van der Waals surface area contributed by atoms with E-state index in [2.05, 4.69) is 36.4 Å². The van der Waals surface area contributed by atoms with Gasteiger partial charge in [-0.25, -0.2) is 8.42 Å². The second-order valence-electron chi connectivity index (χ2n) is 10.4. The fourth-order valence-corrected chi connectivity index (χ4v) is 6.38. The van der Waals surface area contributed by atoms with E-state index in [0.29, 0.717) is 23.5 Å². The number of sulfonamides is 1. The van der Waals surface area contributed by atoms with Gasteiger partial charge in [-0.3, -0.25) is 4.72 Å². The Morgan fingerprint density at radius 3 is 2.34 bits per heavy atom. The number of ether oxygens (including phenoxy) is 1. The maximum absolute atomic E-state index is 13.7. The Balaban J connectivity index is 1.78. The summed E-state index contributed by atoms with van der Waals surface area (Å²) in [6.07, 6.45) is 7.81. The van der Waals surface area contributed by atoms with E-state index in [1.54, 1.807) is 26.0 Å². The van der Waals surface area contributed by atoms with Crippen LogP contribution in [-0.2, 0) is 16.6 Å². The van der Waals surface area contributed by atoms with Crippen LogP contribution >= 0.6 is 0 Å². The van der Waals surface area contributed by atoms with Crippen LogP contribution in [0.1, 0.15) is 73.0 Å². The first-order valence-electron chi connectivity index (χ1n) is 14.2. The predicted octanol–water partition coefficient (Wildman–Crippen LogP) is 8.89. The Bertz CT molecular complexity index is 1580. The van der Waals surface area contributed by atoms with Crippen LogP contribution in [0.3, 0.4) is 0 Å². The molecule has 1 atom stereocenters. The van der Waals surface area contributed by atoms with Gasteiger partial charge < -0.3 is 9.26 Å². The highest BCUT2D eigenvalue weighted by Gasteiger charge is 2.25. The summed E-state index contributed by atoms with van der Waals surface area (Å²) in [4.78, 5) is 0.160. The van der Waals surface area contributed by atoms with Gasteiger partial charge in [0.15, 0.2) is 5.82 Å². The molecule has 216 valence electrons. The van der Waals surface area contributed by atoms with E-state index in [1.165, 1.54) is 24.8 Å². The van der Waals surface area contributed by atoms with Crippen LogP contribution in [0, 0.1) is 20.8 Å². The van der Waals surface area contributed by atoms with Crippen LogP contribution in [0.5, 0.6) is 5.75 Å². The van der Waals surface area contributed by atoms with Gasteiger partial charge >= 0.3 is 0 Å². The highest BCUT2D eigenvalue weighted by atomic mass is 32.2. The van der Waals surface area contributed by atoms with Gasteiger partial charge in [-0.2, -0.15) is 0 Å². The highest BCUT2D eigenvalue weighted by molar-refractivity contribution is 7.92. The normalized spacial score (nSPS) is 12.2. The van der Waals surface area contributed by atoms with Gasteiger partial charge in [0, 0.05) is 22.6 Å². The summed E-state index contributed by atoms with van der Waals surface area (Å²) in [6, 6.07) is 20.8. The summed E-state index contributed by atoms with van der Waals surface area (Å²) in [7, 11) is -3.98. The van der Waals surface area contributed by atoms with Gasteiger partial charge in [-0.1, -0.05) is 92.4 Å². The number of allylic oxidation sites excluding steroid dienone is 1. The molecule has 0 aliphatic heterocycles. The van der Waals surface area contributed by atoms with Crippen molar-refractivity contribution in [1.29, 1.82) is 0 Å². The molecule has 7 heteroatoms. The standard InChI is InChI=1S/C34H40N2O4S/c1-6-8-9-11-16-27(7-2)29-21-22-30(32(25(29)4)23-39-28-17-12-10-13-18-28)31-19-14-15-20-33(31)41(37,38)36-34-24(3)26(5)40-35-34/h7,10,12-15,17-22,27H,2,6,8-9,11,16,23H2,1,3-5H3,(H,35,36). The minimum atomic E-state index is -3.98. The van der Waals surface area contributed by atoms with Crippen LogP contribution in [-0.4, -0.2) is 13.6 Å². The molecule has 1 unspecified atom stereocenters. The lowest BCUT2D eigenvalue weighted by Gasteiger charge is -2.22. The van der Waals surface area contributed by atoms with Gasteiger partial charge in [0.2, 0.25) is 0 Å². The summed E-state index contributed by atoms with van der Waals surface area (Å²) in [5.74, 6) is 1.71. The molecule has 1 heterocycles. The number of hydrogen-bond acceptors (Lipinski definition) is 5. The average Bonchev–Trinajstić information content (AvgIpc) is 3.29. The third-order valence-corrected chi connectivity index (χ3v) is 9.07. The number of nitrogens with one attached hydrogen (secondary N) is 1. The zero-order valence-corrected chi connectivity index (χ0v) is 25.3. The fraction of sp³-hybridized carbons (Fsp3) is 0.324. The van der Waals surface area contributed by atoms with Crippen molar-refractivity contribution in [3.05, 3.63) is 107 Å². The maximum atomic E-state index is 13.7. The Kier molecular flexibility index (Phi) is 10.1. The van der Waals surface area contributed by atoms with Gasteiger partial charge in [0.25, 0.3) is 10.0 Å². The summed E-state index contributed by atoms with van der Waals surface area (Å²) in [6.45, 7) is 12.3. The highest BCUT2D eigenvalue weighted by Crippen LogP contribution is 2.37. The van der Waals surface area contributed by atoms with Crippen LogP contribution in [0.15, 0.2) is 88.8 Å². The van der Waals surface area contributed by atoms with Crippen molar-refractivity contribution in [2.75, 3.05) is 4.72 Å². The first kappa shape index (κ1) is 30.1. The SMILES string of the molecule is C=CC(CCCCCC)c1ccc(-c2ccccc2S(=O)(=O)Nc2noc(C)c2C)c(COc2ccccc2)c1C. The molecular formula is C34H40N2O4S. The summed E-state index contributed by atoms with van der Waals surface area (Å²) < 4.78 is 41.4. The quantitative estimate of drug-likeness (QED) is 0.121. The number of benzene rings is 3.